The van der Waals surface area contributed by atoms with Crippen molar-refractivity contribution in [2.75, 3.05) is 0 Å². The second-order valence-corrected chi connectivity index (χ2v) is 1.45. The van der Waals surface area contributed by atoms with E-state index in [1.54, 1.807) is 0 Å². The zero-order valence-electron chi connectivity index (χ0n) is 4.97. The van der Waals surface area contributed by atoms with Gasteiger partial charge >= 0.3 is 0 Å². The molecule has 0 radical (unpaired) electrons. The third-order valence-corrected chi connectivity index (χ3v) is 0.649. The van der Waals surface area contributed by atoms with Gasteiger partial charge in [-0.05, 0) is 12.2 Å². The Bertz CT molecular complexity index is 158. The van der Waals surface area contributed by atoms with E-state index in [0.29, 0.717) is 5.70 Å². The van der Waals surface area contributed by atoms with Crippen molar-refractivity contribution in [1.82, 2.24) is 0 Å². The molecular formula is C6H9FN2. The van der Waals surface area contributed by atoms with Crippen LogP contribution in [0.4, 0.5) is 4.39 Å². The molecule has 9 heavy (non-hydrogen) atoms. The van der Waals surface area contributed by atoms with Crippen LogP contribution in [-0.4, -0.2) is 0 Å². The van der Waals surface area contributed by atoms with Crippen LogP contribution in [0.25, 0.3) is 0 Å². The second kappa shape index (κ2) is 3.72. The van der Waals surface area contributed by atoms with Crippen LogP contribution in [-0.2, 0) is 0 Å². The number of halogens is 1. The SMILES string of the molecule is C=C(F)/C=C\C(N)=C/N. The summed E-state index contributed by atoms with van der Waals surface area (Å²) in [5.41, 5.74) is 10.4. The molecule has 50 valence electrons. The first-order valence-electron chi connectivity index (χ1n) is 2.36. The first-order chi connectivity index (χ1) is 4.16. The Labute approximate surface area is 53.3 Å². The van der Waals surface area contributed by atoms with Crippen molar-refractivity contribution in [3.8, 4) is 0 Å². The van der Waals surface area contributed by atoms with Gasteiger partial charge in [0.1, 0.15) is 5.83 Å². The molecule has 0 spiro atoms. The highest BCUT2D eigenvalue weighted by Crippen LogP contribution is 1.94. The van der Waals surface area contributed by atoms with Crippen LogP contribution in [0, 0.1) is 0 Å². The number of rotatable bonds is 2. The molecule has 0 aliphatic rings. The smallest absolute Gasteiger partial charge is 0.116 e. The van der Waals surface area contributed by atoms with Gasteiger partial charge < -0.3 is 11.5 Å². The fraction of sp³-hybridized carbons (Fsp3) is 0. The van der Waals surface area contributed by atoms with Crippen molar-refractivity contribution in [1.29, 1.82) is 0 Å². The highest BCUT2D eigenvalue weighted by molar-refractivity contribution is 5.19. The molecule has 0 heterocycles. The van der Waals surface area contributed by atoms with Crippen LogP contribution in [0.5, 0.6) is 0 Å². The van der Waals surface area contributed by atoms with Gasteiger partial charge in [0, 0.05) is 11.9 Å². The van der Waals surface area contributed by atoms with Gasteiger partial charge in [-0.15, -0.1) is 0 Å². The fourth-order valence-corrected chi connectivity index (χ4v) is 0.242. The first-order valence-corrected chi connectivity index (χ1v) is 2.36. The van der Waals surface area contributed by atoms with E-state index in [9.17, 15) is 4.39 Å². The minimum absolute atomic E-state index is 0.314. The third-order valence-electron chi connectivity index (χ3n) is 0.649. The molecule has 0 aromatic carbocycles. The van der Waals surface area contributed by atoms with E-state index in [1.165, 1.54) is 12.3 Å². The Morgan fingerprint density at radius 1 is 1.44 bits per heavy atom. The molecule has 0 amide bonds. The molecule has 0 atom stereocenters. The summed E-state index contributed by atoms with van der Waals surface area (Å²) < 4.78 is 11.8. The Morgan fingerprint density at radius 2 is 2.00 bits per heavy atom. The highest BCUT2D eigenvalue weighted by atomic mass is 19.1. The van der Waals surface area contributed by atoms with Gasteiger partial charge in [-0.1, -0.05) is 6.58 Å². The van der Waals surface area contributed by atoms with Crippen LogP contribution in [0.15, 0.2) is 36.5 Å². The van der Waals surface area contributed by atoms with Gasteiger partial charge in [0.15, 0.2) is 0 Å². The molecular weight excluding hydrogens is 119 g/mol. The standard InChI is InChI=1S/C6H9FN2/c1-5(7)2-3-6(9)4-8/h2-4H,1,8-9H2/b3-2-,6-4+. The summed E-state index contributed by atoms with van der Waals surface area (Å²) in [6, 6.07) is 0. The van der Waals surface area contributed by atoms with E-state index >= 15 is 0 Å². The molecule has 2 nitrogen and oxygen atoms in total. The number of allylic oxidation sites excluding steroid dienone is 3. The average Bonchev–Trinajstić information content (AvgIpc) is 1.83. The van der Waals surface area contributed by atoms with Crippen LogP contribution in [0.3, 0.4) is 0 Å². The van der Waals surface area contributed by atoms with E-state index in [2.05, 4.69) is 6.58 Å². The van der Waals surface area contributed by atoms with E-state index < -0.39 is 5.83 Å². The molecule has 0 saturated heterocycles. The predicted octanol–water partition coefficient (Wildman–Crippen LogP) is 0.785. The Morgan fingerprint density at radius 3 is 2.33 bits per heavy atom. The largest absolute Gasteiger partial charge is 0.403 e. The lowest BCUT2D eigenvalue weighted by Crippen LogP contribution is -1.96. The van der Waals surface area contributed by atoms with Gasteiger partial charge in [-0.25, -0.2) is 4.39 Å². The molecule has 0 saturated carbocycles. The Kier molecular flexibility index (Phi) is 3.20. The first kappa shape index (κ1) is 7.75. The summed E-state index contributed by atoms with van der Waals surface area (Å²) in [5, 5.41) is 0. The lowest BCUT2D eigenvalue weighted by Gasteiger charge is -1.85. The minimum Gasteiger partial charge on any atom is -0.403 e. The maximum atomic E-state index is 11.8. The zero-order valence-corrected chi connectivity index (χ0v) is 4.97. The monoisotopic (exact) mass is 128 g/mol. The van der Waals surface area contributed by atoms with E-state index in [-0.39, 0.29) is 0 Å². The maximum absolute atomic E-state index is 11.8. The van der Waals surface area contributed by atoms with Gasteiger partial charge in [-0.3, -0.25) is 0 Å². The van der Waals surface area contributed by atoms with Crippen molar-refractivity contribution >= 4 is 0 Å². The maximum Gasteiger partial charge on any atom is 0.116 e. The summed E-state index contributed by atoms with van der Waals surface area (Å²) in [6.07, 6.45) is 3.65. The molecule has 4 N–H and O–H groups in total. The highest BCUT2D eigenvalue weighted by Gasteiger charge is 1.79. The lowest BCUT2D eigenvalue weighted by molar-refractivity contribution is 0.671. The molecule has 0 rings (SSSR count). The quantitative estimate of drug-likeness (QED) is 0.540. The van der Waals surface area contributed by atoms with Crippen LogP contribution >= 0.6 is 0 Å². The number of hydrogen-bond donors (Lipinski definition) is 2. The summed E-state index contributed by atoms with van der Waals surface area (Å²) in [6.45, 7) is 2.98. The molecule has 0 fully saturated rings. The van der Waals surface area contributed by atoms with Crippen LogP contribution < -0.4 is 11.5 Å². The normalized spacial score (nSPS) is 12.3. The molecule has 3 heteroatoms. The molecule has 0 unspecified atom stereocenters. The average molecular weight is 128 g/mol. The summed E-state index contributed by atoms with van der Waals surface area (Å²) >= 11 is 0. The minimum atomic E-state index is -0.542. The lowest BCUT2D eigenvalue weighted by atomic mass is 10.4. The van der Waals surface area contributed by atoms with E-state index in [0.717, 1.165) is 6.08 Å². The van der Waals surface area contributed by atoms with Crippen molar-refractivity contribution in [2.45, 2.75) is 0 Å². The Hall–Kier alpha value is -1.25. The summed E-state index contributed by atoms with van der Waals surface area (Å²) in [7, 11) is 0. The molecule has 0 aromatic heterocycles. The topological polar surface area (TPSA) is 52.0 Å². The van der Waals surface area contributed by atoms with Gasteiger partial charge in [0.2, 0.25) is 0 Å². The fourth-order valence-electron chi connectivity index (χ4n) is 0.242. The van der Waals surface area contributed by atoms with Crippen molar-refractivity contribution in [2.24, 2.45) is 11.5 Å². The van der Waals surface area contributed by atoms with Gasteiger partial charge in [0.05, 0.1) is 0 Å². The van der Waals surface area contributed by atoms with Crippen LogP contribution in [0.2, 0.25) is 0 Å². The molecule has 0 aliphatic heterocycles. The summed E-state index contributed by atoms with van der Waals surface area (Å²) in [5.74, 6) is -0.542. The molecule has 0 aromatic rings. The van der Waals surface area contributed by atoms with Crippen molar-refractivity contribution in [3.05, 3.63) is 36.5 Å². The zero-order chi connectivity index (χ0) is 7.28. The van der Waals surface area contributed by atoms with E-state index in [4.69, 9.17) is 11.5 Å². The summed E-state index contributed by atoms with van der Waals surface area (Å²) in [4.78, 5) is 0. The third kappa shape index (κ3) is 4.61. The van der Waals surface area contributed by atoms with Crippen molar-refractivity contribution in [3.63, 3.8) is 0 Å². The predicted molar refractivity (Wildman–Crippen MR) is 35.8 cm³/mol. The Balaban J connectivity index is 3.86. The number of nitrogens with two attached hydrogens (primary N) is 2. The van der Waals surface area contributed by atoms with Crippen LogP contribution in [0.1, 0.15) is 0 Å². The second-order valence-electron chi connectivity index (χ2n) is 1.45. The van der Waals surface area contributed by atoms with Gasteiger partial charge in [0.25, 0.3) is 0 Å². The number of hydrogen-bond acceptors (Lipinski definition) is 2. The molecule has 0 aliphatic carbocycles. The molecule has 0 bridgehead atoms. The van der Waals surface area contributed by atoms with E-state index in [1.807, 2.05) is 0 Å². The van der Waals surface area contributed by atoms with Crippen molar-refractivity contribution < 1.29 is 4.39 Å². The van der Waals surface area contributed by atoms with Gasteiger partial charge in [-0.2, -0.15) is 0 Å².